The van der Waals surface area contributed by atoms with Crippen molar-refractivity contribution in [2.24, 2.45) is 4.99 Å². The third kappa shape index (κ3) is 5.49. The Morgan fingerprint density at radius 1 is 1.20 bits per heavy atom. The molecule has 2 aromatic rings. The van der Waals surface area contributed by atoms with Crippen LogP contribution >= 0.6 is 11.8 Å². The van der Waals surface area contributed by atoms with Crippen LogP contribution in [-0.2, 0) is 13.1 Å². The van der Waals surface area contributed by atoms with E-state index in [2.05, 4.69) is 47.0 Å². The molecule has 2 aromatic carbocycles. The maximum atomic E-state index is 10.8. The highest BCUT2D eigenvalue weighted by molar-refractivity contribution is 7.98. The Morgan fingerprint density at radius 2 is 1.96 bits per heavy atom. The Kier molecular flexibility index (Phi) is 6.82. The Hall–Kier alpha value is -2.54. The first kappa shape index (κ1) is 18.8. The number of hydrogen-bond acceptors (Lipinski definition) is 4. The van der Waals surface area contributed by atoms with E-state index in [0.717, 1.165) is 5.56 Å². The van der Waals surface area contributed by atoms with Crippen molar-refractivity contribution in [3.8, 4) is 0 Å². The van der Waals surface area contributed by atoms with E-state index in [-0.39, 0.29) is 5.69 Å². The number of aryl methyl sites for hydroxylation is 1. The molecule has 0 unspecified atom stereocenters. The minimum atomic E-state index is -0.391. The topological polar surface area (TPSA) is 79.6 Å². The Balaban J connectivity index is 1.95. The maximum absolute atomic E-state index is 10.8. The largest absolute Gasteiger partial charge is 0.352 e. The van der Waals surface area contributed by atoms with Crippen molar-refractivity contribution in [1.82, 2.24) is 10.6 Å². The van der Waals surface area contributed by atoms with Crippen LogP contribution in [0.4, 0.5) is 5.69 Å². The molecular formula is C18H22N4O2S. The number of thioether (sulfide) groups is 1. The van der Waals surface area contributed by atoms with Crippen LogP contribution in [0.25, 0.3) is 0 Å². The summed E-state index contributed by atoms with van der Waals surface area (Å²) in [4.78, 5) is 15.9. The van der Waals surface area contributed by atoms with Gasteiger partial charge in [-0.1, -0.05) is 24.3 Å². The first-order valence-corrected chi connectivity index (χ1v) is 9.07. The van der Waals surface area contributed by atoms with Crippen molar-refractivity contribution >= 4 is 23.4 Å². The molecule has 0 amide bonds. The van der Waals surface area contributed by atoms with Crippen molar-refractivity contribution in [1.29, 1.82) is 0 Å². The highest BCUT2D eigenvalue weighted by Gasteiger charge is 2.07. The van der Waals surface area contributed by atoms with Gasteiger partial charge in [0.15, 0.2) is 5.96 Å². The number of nitrogens with one attached hydrogen (secondary N) is 2. The van der Waals surface area contributed by atoms with Gasteiger partial charge in [0.2, 0.25) is 0 Å². The zero-order valence-corrected chi connectivity index (χ0v) is 15.4. The summed E-state index contributed by atoms with van der Waals surface area (Å²) in [5, 5.41) is 17.3. The van der Waals surface area contributed by atoms with Crippen LogP contribution in [0.1, 0.15) is 16.7 Å². The second-order valence-corrected chi connectivity index (χ2v) is 6.37. The van der Waals surface area contributed by atoms with E-state index in [1.807, 2.05) is 6.07 Å². The van der Waals surface area contributed by atoms with Crippen LogP contribution in [0.2, 0.25) is 0 Å². The number of rotatable bonds is 6. The number of benzene rings is 2. The van der Waals surface area contributed by atoms with Gasteiger partial charge >= 0.3 is 0 Å². The van der Waals surface area contributed by atoms with Gasteiger partial charge in [-0.3, -0.25) is 15.1 Å². The quantitative estimate of drug-likeness (QED) is 0.272. The van der Waals surface area contributed by atoms with Crippen LogP contribution < -0.4 is 10.6 Å². The molecule has 0 aliphatic carbocycles. The van der Waals surface area contributed by atoms with Crippen molar-refractivity contribution in [2.75, 3.05) is 13.3 Å². The number of nitrogens with zero attached hydrogens (tertiary/aromatic N) is 2. The Morgan fingerprint density at radius 3 is 2.64 bits per heavy atom. The first-order chi connectivity index (χ1) is 12.0. The van der Waals surface area contributed by atoms with E-state index >= 15 is 0 Å². The van der Waals surface area contributed by atoms with Crippen LogP contribution in [0.3, 0.4) is 0 Å². The molecule has 0 atom stereocenters. The first-order valence-electron chi connectivity index (χ1n) is 7.85. The zero-order chi connectivity index (χ0) is 18.2. The molecule has 0 aliphatic heterocycles. The molecule has 7 heteroatoms. The molecule has 25 heavy (non-hydrogen) atoms. The summed E-state index contributed by atoms with van der Waals surface area (Å²) in [6.45, 7) is 3.20. The molecule has 0 fully saturated rings. The smallest absolute Gasteiger partial charge is 0.269 e. The fourth-order valence-corrected chi connectivity index (χ4v) is 3.07. The number of nitro benzene ring substituents is 1. The van der Waals surface area contributed by atoms with Gasteiger partial charge in [-0.05, 0) is 35.9 Å². The standard InChI is InChI=1S/C18H22N4O2S/c1-13-7-8-15(17(9-13)25-3)12-21-18(19-2)20-11-14-5-4-6-16(10-14)22(23)24/h4-10H,11-12H2,1-3H3,(H2,19,20,21). The summed E-state index contributed by atoms with van der Waals surface area (Å²) in [6, 6.07) is 12.9. The van der Waals surface area contributed by atoms with Gasteiger partial charge < -0.3 is 10.6 Å². The fourth-order valence-electron chi connectivity index (χ4n) is 2.36. The predicted molar refractivity (Wildman–Crippen MR) is 103 cm³/mol. The van der Waals surface area contributed by atoms with E-state index in [1.54, 1.807) is 30.9 Å². The van der Waals surface area contributed by atoms with Crippen molar-refractivity contribution < 1.29 is 4.92 Å². The summed E-state index contributed by atoms with van der Waals surface area (Å²) >= 11 is 1.72. The van der Waals surface area contributed by atoms with E-state index in [0.29, 0.717) is 19.0 Å². The van der Waals surface area contributed by atoms with Crippen LogP contribution in [-0.4, -0.2) is 24.2 Å². The Bertz CT molecular complexity index is 777. The molecular weight excluding hydrogens is 336 g/mol. The van der Waals surface area contributed by atoms with Gasteiger partial charge in [-0.15, -0.1) is 11.8 Å². The monoisotopic (exact) mass is 358 g/mol. The fraction of sp³-hybridized carbons (Fsp3) is 0.278. The lowest BCUT2D eigenvalue weighted by molar-refractivity contribution is -0.384. The van der Waals surface area contributed by atoms with Gasteiger partial charge in [0, 0.05) is 37.2 Å². The maximum Gasteiger partial charge on any atom is 0.269 e. The van der Waals surface area contributed by atoms with Crippen molar-refractivity contribution in [2.45, 2.75) is 24.9 Å². The molecule has 0 radical (unpaired) electrons. The van der Waals surface area contributed by atoms with Gasteiger partial charge in [-0.25, -0.2) is 0 Å². The molecule has 0 bridgehead atoms. The molecule has 0 aliphatic rings. The second kappa shape index (κ2) is 9.08. The van der Waals surface area contributed by atoms with Gasteiger partial charge in [0.05, 0.1) is 4.92 Å². The summed E-state index contributed by atoms with van der Waals surface area (Å²) in [5.74, 6) is 0.652. The SMILES string of the molecule is CN=C(NCc1cccc([N+](=O)[O-])c1)NCc1ccc(C)cc1SC. The number of non-ortho nitro benzene ring substituents is 1. The van der Waals surface area contributed by atoms with E-state index in [1.165, 1.54) is 22.1 Å². The van der Waals surface area contributed by atoms with Crippen LogP contribution in [0.15, 0.2) is 52.4 Å². The third-order valence-electron chi connectivity index (χ3n) is 3.69. The van der Waals surface area contributed by atoms with Crippen molar-refractivity contribution in [3.05, 3.63) is 69.3 Å². The van der Waals surface area contributed by atoms with Crippen LogP contribution in [0, 0.1) is 17.0 Å². The average molecular weight is 358 g/mol. The molecule has 132 valence electrons. The Labute approximate surface area is 151 Å². The molecule has 0 saturated carbocycles. The highest BCUT2D eigenvalue weighted by atomic mass is 32.2. The molecule has 2 N–H and O–H groups in total. The normalized spacial score (nSPS) is 11.2. The summed E-state index contributed by atoms with van der Waals surface area (Å²) in [5.41, 5.74) is 3.36. The van der Waals surface area contributed by atoms with Gasteiger partial charge in [0.1, 0.15) is 0 Å². The number of nitro groups is 1. The molecule has 0 heterocycles. The highest BCUT2D eigenvalue weighted by Crippen LogP contribution is 2.21. The summed E-state index contributed by atoms with van der Waals surface area (Å²) in [7, 11) is 1.70. The molecule has 2 rings (SSSR count). The molecule has 0 aromatic heterocycles. The van der Waals surface area contributed by atoms with Crippen molar-refractivity contribution in [3.63, 3.8) is 0 Å². The average Bonchev–Trinajstić information content (AvgIpc) is 2.62. The lowest BCUT2D eigenvalue weighted by Crippen LogP contribution is -2.36. The molecule has 6 nitrogen and oxygen atoms in total. The number of guanidine groups is 1. The second-order valence-electron chi connectivity index (χ2n) is 5.52. The zero-order valence-electron chi connectivity index (χ0n) is 14.6. The molecule has 0 saturated heterocycles. The predicted octanol–water partition coefficient (Wildman–Crippen LogP) is 3.49. The number of aliphatic imine (C=N–C) groups is 1. The molecule has 0 spiro atoms. The van der Waals surface area contributed by atoms with Gasteiger partial charge in [-0.2, -0.15) is 0 Å². The van der Waals surface area contributed by atoms with Gasteiger partial charge in [0.25, 0.3) is 5.69 Å². The minimum Gasteiger partial charge on any atom is -0.352 e. The number of hydrogen-bond donors (Lipinski definition) is 2. The van der Waals surface area contributed by atoms with E-state index in [9.17, 15) is 10.1 Å². The lowest BCUT2D eigenvalue weighted by Gasteiger charge is -2.14. The lowest BCUT2D eigenvalue weighted by atomic mass is 10.1. The third-order valence-corrected chi connectivity index (χ3v) is 4.51. The van der Waals surface area contributed by atoms with Crippen LogP contribution in [0.5, 0.6) is 0 Å². The van der Waals surface area contributed by atoms with E-state index < -0.39 is 4.92 Å². The summed E-state index contributed by atoms with van der Waals surface area (Å²) in [6.07, 6.45) is 2.06. The van der Waals surface area contributed by atoms with E-state index in [4.69, 9.17) is 0 Å². The summed E-state index contributed by atoms with van der Waals surface area (Å²) < 4.78 is 0. The minimum absolute atomic E-state index is 0.0894.